The van der Waals surface area contributed by atoms with Crippen molar-refractivity contribution in [1.29, 1.82) is 0 Å². The molecule has 110 valence electrons. The van der Waals surface area contributed by atoms with E-state index in [9.17, 15) is 9.59 Å². The Balaban J connectivity index is 2.34. The van der Waals surface area contributed by atoms with Crippen LogP contribution >= 0.6 is 0 Å². The van der Waals surface area contributed by atoms with E-state index in [0.29, 0.717) is 0 Å². The number of methoxy groups -OCH3 is 1. The van der Waals surface area contributed by atoms with Gasteiger partial charge in [0.2, 0.25) is 0 Å². The number of rotatable bonds is 5. The van der Waals surface area contributed by atoms with Crippen molar-refractivity contribution in [3.05, 3.63) is 48.0 Å². The number of hydrogen-bond donors (Lipinski definition) is 0. The van der Waals surface area contributed by atoms with Gasteiger partial charge in [-0.2, -0.15) is 0 Å². The summed E-state index contributed by atoms with van der Waals surface area (Å²) in [5, 5.41) is 2.10. The van der Waals surface area contributed by atoms with Gasteiger partial charge < -0.3 is 9.47 Å². The number of carbonyl (C=O) groups is 2. The molecule has 0 aromatic heterocycles. The molecular weight excluding hydrogens is 268 g/mol. The SMILES string of the molecule is CCOC(=O)C(Cc1cccc2ccccc12)C(=O)OC. The highest BCUT2D eigenvalue weighted by Gasteiger charge is 2.29. The molecule has 0 saturated carbocycles. The Morgan fingerprint density at radius 1 is 1.05 bits per heavy atom. The van der Waals surface area contributed by atoms with E-state index in [1.165, 1.54) is 7.11 Å². The first-order valence-corrected chi connectivity index (χ1v) is 6.88. The van der Waals surface area contributed by atoms with Gasteiger partial charge in [-0.1, -0.05) is 42.5 Å². The molecule has 0 aliphatic heterocycles. The maximum Gasteiger partial charge on any atom is 0.320 e. The number of esters is 2. The number of benzene rings is 2. The number of hydrogen-bond acceptors (Lipinski definition) is 4. The van der Waals surface area contributed by atoms with Crippen molar-refractivity contribution in [3.63, 3.8) is 0 Å². The fraction of sp³-hybridized carbons (Fsp3) is 0.294. The lowest BCUT2D eigenvalue weighted by atomic mass is 9.95. The number of ether oxygens (including phenoxy) is 2. The lowest BCUT2D eigenvalue weighted by molar-refractivity contribution is -0.160. The summed E-state index contributed by atoms with van der Waals surface area (Å²) in [5.74, 6) is -2.04. The quantitative estimate of drug-likeness (QED) is 0.626. The Bertz CT molecular complexity index is 643. The molecule has 0 saturated heterocycles. The summed E-state index contributed by atoms with van der Waals surface area (Å²) >= 11 is 0. The second-order valence-corrected chi connectivity index (χ2v) is 4.67. The second-order valence-electron chi connectivity index (χ2n) is 4.67. The smallest absolute Gasteiger partial charge is 0.320 e. The standard InChI is InChI=1S/C17H18O4/c1-3-21-17(19)15(16(18)20-2)11-13-9-6-8-12-7-4-5-10-14(12)13/h4-10,15H,3,11H2,1-2H3. The van der Waals surface area contributed by atoms with Crippen LogP contribution in [0, 0.1) is 5.92 Å². The first kappa shape index (κ1) is 15.0. The third-order valence-corrected chi connectivity index (χ3v) is 3.36. The molecule has 4 nitrogen and oxygen atoms in total. The van der Waals surface area contributed by atoms with Crippen molar-refractivity contribution in [3.8, 4) is 0 Å². The van der Waals surface area contributed by atoms with Crippen molar-refractivity contribution in [2.75, 3.05) is 13.7 Å². The van der Waals surface area contributed by atoms with E-state index >= 15 is 0 Å². The Morgan fingerprint density at radius 2 is 1.76 bits per heavy atom. The van der Waals surface area contributed by atoms with E-state index in [1.54, 1.807) is 6.92 Å². The van der Waals surface area contributed by atoms with Crippen molar-refractivity contribution in [2.24, 2.45) is 5.92 Å². The maximum atomic E-state index is 12.0. The average Bonchev–Trinajstić information content (AvgIpc) is 2.52. The van der Waals surface area contributed by atoms with Gasteiger partial charge >= 0.3 is 11.9 Å². The van der Waals surface area contributed by atoms with Crippen molar-refractivity contribution >= 4 is 22.7 Å². The summed E-state index contributed by atoms with van der Waals surface area (Å²) in [7, 11) is 1.28. The molecule has 0 amide bonds. The van der Waals surface area contributed by atoms with Crippen LogP contribution in [0.15, 0.2) is 42.5 Å². The third kappa shape index (κ3) is 3.40. The molecular formula is C17H18O4. The van der Waals surface area contributed by atoms with Crippen molar-refractivity contribution in [1.82, 2.24) is 0 Å². The predicted octanol–water partition coefficient (Wildman–Crippen LogP) is 2.73. The zero-order valence-electron chi connectivity index (χ0n) is 12.2. The van der Waals surface area contributed by atoms with E-state index < -0.39 is 17.9 Å². The van der Waals surface area contributed by atoms with Crippen LogP contribution in [0.4, 0.5) is 0 Å². The lowest BCUT2D eigenvalue weighted by Crippen LogP contribution is -2.29. The molecule has 0 aliphatic rings. The highest BCUT2D eigenvalue weighted by Crippen LogP contribution is 2.22. The molecule has 21 heavy (non-hydrogen) atoms. The molecule has 0 N–H and O–H groups in total. The van der Waals surface area contributed by atoms with E-state index in [0.717, 1.165) is 16.3 Å². The zero-order chi connectivity index (χ0) is 15.2. The van der Waals surface area contributed by atoms with Gasteiger partial charge in [-0.3, -0.25) is 9.59 Å². The van der Waals surface area contributed by atoms with E-state index in [4.69, 9.17) is 9.47 Å². The van der Waals surface area contributed by atoms with Gasteiger partial charge in [0, 0.05) is 0 Å². The topological polar surface area (TPSA) is 52.6 Å². The van der Waals surface area contributed by atoms with Crippen LogP contribution < -0.4 is 0 Å². The normalized spacial score (nSPS) is 11.9. The molecule has 0 radical (unpaired) electrons. The molecule has 1 unspecified atom stereocenters. The minimum absolute atomic E-state index is 0.238. The minimum Gasteiger partial charge on any atom is -0.468 e. The summed E-state index contributed by atoms with van der Waals surface area (Å²) in [4.78, 5) is 23.8. The fourth-order valence-corrected chi connectivity index (χ4v) is 2.34. The monoisotopic (exact) mass is 286 g/mol. The summed E-state index contributed by atoms with van der Waals surface area (Å²) in [6, 6.07) is 13.7. The molecule has 0 spiro atoms. The van der Waals surface area contributed by atoms with E-state index in [2.05, 4.69) is 0 Å². The molecule has 2 aromatic carbocycles. The Labute approximate surface area is 123 Å². The van der Waals surface area contributed by atoms with Crippen LogP contribution in [0.1, 0.15) is 12.5 Å². The Morgan fingerprint density at radius 3 is 2.48 bits per heavy atom. The Hall–Kier alpha value is -2.36. The first-order chi connectivity index (χ1) is 10.2. The zero-order valence-corrected chi connectivity index (χ0v) is 12.2. The minimum atomic E-state index is -0.930. The van der Waals surface area contributed by atoms with Gasteiger partial charge in [-0.25, -0.2) is 0 Å². The van der Waals surface area contributed by atoms with Gasteiger partial charge in [-0.15, -0.1) is 0 Å². The number of fused-ring (bicyclic) bond motifs is 1. The van der Waals surface area contributed by atoms with Gasteiger partial charge in [0.1, 0.15) is 0 Å². The van der Waals surface area contributed by atoms with Gasteiger partial charge in [0.05, 0.1) is 13.7 Å². The van der Waals surface area contributed by atoms with Gasteiger partial charge in [-0.05, 0) is 29.7 Å². The van der Waals surface area contributed by atoms with Gasteiger partial charge in [0.15, 0.2) is 5.92 Å². The maximum absolute atomic E-state index is 12.0. The van der Waals surface area contributed by atoms with E-state index in [-0.39, 0.29) is 13.0 Å². The molecule has 0 heterocycles. The summed E-state index contributed by atoms with van der Waals surface area (Å²) in [6.07, 6.45) is 0.271. The first-order valence-electron chi connectivity index (χ1n) is 6.88. The van der Waals surface area contributed by atoms with Crippen LogP contribution in [0.3, 0.4) is 0 Å². The van der Waals surface area contributed by atoms with Crippen molar-refractivity contribution in [2.45, 2.75) is 13.3 Å². The van der Waals surface area contributed by atoms with Crippen LogP contribution in [0.5, 0.6) is 0 Å². The van der Waals surface area contributed by atoms with Crippen LogP contribution in [0.2, 0.25) is 0 Å². The van der Waals surface area contributed by atoms with Gasteiger partial charge in [0.25, 0.3) is 0 Å². The largest absolute Gasteiger partial charge is 0.468 e. The summed E-state index contributed by atoms with van der Waals surface area (Å²) < 4.78 is 9.70. The fourth-order valence-electron chi connectivity index (χ4n) is 2.34. The van der Waals surface area contributed by atoms with Crippen LogP contribution in [-0.2, 0) is 25.5 Å². The molecule has 0 fully saturated rings. The van der Waals surface area contributed by atoms with Crippen LogP contribution in [-0.4, -0.2) is 25.7 Å². The lowest BCUT2D eigenvalue weighted by Gasteiger charge is -2.14. The summed E-state index contributed by atoms with van der Waals surface area (Å²) in [5.41, 5.74) is 0.927. The molecule has 1 atom stereocenters. The predicted molar refractivity (Wildman–Crippen MR) is 79.8 cm³/mol. The molecule has 2 aromatic rings. The van der Waals surface area contributed by atoms with Crippen LogP contribution in [0.25, 0.3) is 10.8 Å². The second kappa shape index (κ2) is 6.88. The highest BCUT2D eigenvalue weighted by molar-refractivity contribution is 5.96. The molecule has 0 bridgehead atoms. The molecule has 4 heteroatoms. The Kier molecular flexibility index (Phi) is 4.93. The summed E-state index contributed by atoms with van der Waals surface area (Å²) in [6.45, 7) is 1.95. The number of carbonyl (C=O) groups excluding carboxylic acids is 2. The molecule has 2 rings (SSSR count). The third-order valence-electron chi connectivity index (χ3n) is 3.36. The van der Waals surface area contributed by atoms with E-state index in [1.807, 2.05) is 42.5 Å². The average molecular weight is 286 g/mol. The highest BCUT2D eigenvalue weighted by atomic mass is 16.5. The van der Waals surface area contributed by atoms with Crippen molar-refractivity contribution < 1.29 is 19.1 Å². The molecule has 0 aliphatic carbocycles.